The van der Waals surface area contributed by atoms with E-state index in [4.69, 9.17) is 19.2 Å². The molecule has 95 valence electrons. The second-order valence-electron chi connectivity index (χ2n) is 4.52. The third-order valence-electron chi connectivity index (χ3n) is 3.33. The van der Waals surface area contributed by atoms with E-state index < -0.39 is 0 Å². The van der Waals surface area contributed by atoms with E-state index in [1.807, 2.05) is 36.4 Å². The van der Waals surface area contributed by atoms with Gasteiger partial charge in [-0.25, -0.2) is 0 Å². The number of benzene rings is 2. The third kappa shape index (κ3) is 1.81. The highest BCUT2D eigenvalue weighted by atomic mass is 17.2. The van der Waals surface area contributed by atoms with Crippen molar-refractivity contribution in [1.29, 1.82) is 0 Å². The first-order chi connectivity index (χ1) is 9.40. The summed E-state index contributed by atoms with van der Waals surface area (Å²) in [6, 6.07) is 14.4. The summed E-state index contributed by atoms with van der Waals surface area (Å²) in [6.07, 6.45) is 0.615. The minimum Gasteiger partial charge on any atom is -0.454 e. The Hall–Kier alpha value is -2.20. The maximum absolute atomic E-state index is 5.44. The molecule has 0 spiro atoms. The molecule has 2 heterocycles. The van der Waals surface area contributed by atoms with Crippen LogP contribution in [0.2, 0.25) is 0 Å². The van der Waals surface area contributed by atoms with Crippen molar-refractivity contribution >= 4 is 0 Å². The molecule has 0 saturated heterocycles. The van der Waals surface area contributed by atoms with E-state index in [-0.39, 0.29) is 12.9 Å². The molecule has 2 aliphatic rings. The van der Waals surface area contributed by atoms with Crippen molar-refractivity contribution in [3.63, 3.8) is 0 Å². The first kappa shape index (κ1) is 10.7. The number of hydrogen-bond acceptors (Lipinski definition) is 4. The van der Waals surface area contributed by atoms with Gasteiger partial charge < -0.3 is 14.4 Å². The molecule has 0 saturated carbocycles. The van der Waals surface area contributed by atoms with E-state index in [1.54, 1.807) is 0 Å². The lowest BCUT2D eigenvalue weighted by atomic mass is 10.00. The molecule has 0 aromatic heterocycles. The number of hydrogen-bond donors (Lipinski definition) is 0. The van der Waals surface area contributed by atoms with E-state index in [0.29, 0.717) is 0 Å². The molecular weight excluding hydrogens is 244 g/mol. The van der Waals surface area contributed by atoms with Crippen LogP contribution in [0.5, 0.6) is 17.2 Å². The second-order valence-corrected chi connectivity index (χ2v) is 4.52. The molecule has 2 aliphatic heterocycles. The molecule has 1 unspecified atom stereocenters. The molecule has 0 amide bonds. The maximum Gasteiger partial charge on any atom is 0.231 e. The van der Waals surface area contributed by atoms with Gasteiger partial charge in [-0.2, -0.15) is 4.89 Å². The monoisotopic (exact) mass is 255 g/mol. The molecule has 0 N–H and O–H groups in total. The lowest BCUT2D eigenvalue weighted by Crippen LogP contribution is -2.16. The standard InChI is InChI=1S/C15H11O4/c1-2-4-12-10(3-1)7-14(19-18-12)11-5-6-13-15(8-11)17-9-16-13/h2-6,8,14H,7,9H2. The first-order valence-corrected chi connectivity index (χ1v) is 6.12. The average molecular weight is 255 g/mol. The van der Waals surface area contributed by atoms with Crippen LogP contribution in [0, 0.1) is 6.07 Å². The highest BCUT2D eigenvalue weighted by Crippen LogP contribution is 2.38. The molecule has 4 heteroatoms. The minimum atomic E-state index is -0.141. The zero-order valence-corrected chi connectivity index (χ0v) is 10.1. The smallest absolute Gasteiger partial charge is 0.231 e. The Morgan fingerprint density at radius 3 is 3.00 bits per heavy atom. The Kier molecular flexibility index (Phi) is 2.35. The summed E-state index contributed by atoms with van der Waals surface area (Å²) in [5.41, 5.74) is 2.11. The van der Waals surface area contributed by atoms with Gasteiger partial charge in [0.15, 0.2) is 17.2 Å². The van der Waals surface area contributed by atoms with Crippen LogP contribution in [0.3, 0.4) is 0 Å². The topological polar surface area (TPSA) is 36.9 Å². The van der Waals surface area contributed by atoms with Crippen molar-refractivity contribution in [1.82, 2.24) is 0 Å². The van der Waals surface area contributed by atoms with Gasteiger partial charge in [-0.15, -0.1) is 0 Å². The van der Waals surface area contributed by atoms with Crippen LogP contribution in [-0.4, -0.2) is 6.79 Å². The van der Waals surface area contributed by atoms with Gasteiger partial charge in [0.2, 0.25) is 6.79 Å². The Labute approximate surface area is 110 Å². The lowest BCUT2D eigenvalue weighted by Gasteiger charge is -2.24. The van der Waals surface area contributed by atoms with E-state index in [9.17, 15) is 0 Å². The summed E-state index contributed by atoms with van der Waals surface area (Å²) in [5, 5.41) is 0. The second kappa shape index (κ2) is 4.17. The summed E-state index contributed by atoms with van der Waals surface area (Å²) in [7, 11) is 0. The van der Waals surface area contributed by atoms with E-state index >= 15 is 0 Å². The predicted octanol–water partition coefficient (Wildman–Crippen LogP) is 2.82. The Morgan fingerprint density at radius 1 is 1.05 bits per heavy atom. The van der Waals surface area contributed by atoms with Crippen LogP contribution in [0.25, 0.3) is 0 Å². The van der Waals surface area contributed by atoms with E-state index in [1.165, 1.54) is 0 Å². The fourth-order valence-electron chi connectivity index (χ4n) is 2.32. The predicted molar refractivity (Wildman–Crippen MR) is 66.0 cm³/mol. The fourth-order valence-corrected chi connectivity index (χ4v) is 2.32. The van der Waals surface area contributed by atoms with Crippen LogP contribution in [0.1, 0.15) is 17.2 Å². The molecule has 4 rings (SSSR count). The molecule has 1 radical (unpaired) electrons. The summed E-state index contributed by atoms with van der Waals surface area (Å²) >= 11 is 0. The number of fused-ring (bicyclic) bond motifs is 2. The van der Waals surface area contributed by atoms with Gasteiger partial charge in [-0.3, -0.25) is 0 Å². The number of rotatable bonds is 1. The van der Waals surface area contributed by atoms with Gasteiger partial charge in [0.25, 0.3) is 0 Å². The van der Waals surface area contributed by atoms with Gasteiger partial charge in [0.1, 0.15) is 6.10 Å². The van der Waals surface area contributed by atoms with Gasteiger partial charge in [-0.05, 0) is 35.9 Å². The van der Waals surface area contributed by atoms with Gasteiger partial charge in [-0.1, -0.05) is 12.1 Å². The molecule has 19 heavy (non-hydrogen) atoms. The molecule has 0 fully saturated rings. The quantitative estimate of drug-likeness (QED) is 0.734. The van der Waals surface area contributed by atoms with E-state index in [0.717, 1.165) is 34.8 Å². The molecule has 2 aromatic carbocycles. The molecule has 2 aromatic rings. The Bertz CT molecular complexity index is 623. The number of ether oxygens (including phenoxy) is 2. The zero-order valence-electron chi connectivity index (χ0n) is 10.1. The molecule has 4 nitrogen and oxygen atoms in total. The SMILES string of the molecule is [c]1ccc2c(c1)CC(c1ccc3c(c1)OCO3)OO2. The minimum absolute atomic E-state index is 0.141. The maximum atomic E-state index is 5.44. The van der Waals surface area contributed by atoms with Crippen LogP contribution in [0.15, 0.2) is 36.4 Å². The Balaban J connectivity index is 1.64. The van der Waals surface area contributed by atoms with Crippen LogP contribution >= 0.6 is 0 Å². The van der Waals surface area contributed by atoms with Crippen LogP contribution in [0.4, 0.5) is 0 Å². The summed E-state index contributed by atoms with van der Waals surface area (Å²) in [6.45, 7) is 0.276. The average Bonchev–Trinajstić information content (AvgIpc) is 2.94. The molecular formula is C15H11O4. The third-order valence-corrected chi connectivity index (χ3v) is 3.33. The largest absolute Gasteiger partial charge is 0.454 e. The molecule has 0 bridgehead atoms. The normalized spacial score (nSPS) is 19.7. The summed E-state index contributed by atoms with van der Waals surface area (Å²) in [4.78, 5) is 10.8. The fraction of sp³-hybridized carbons (Fsp3) is 0.200. The van der Waals surface area contributed by atoms with Crippen molar-refractivity contribution in [3.05, 3.63) is 53.6 Å². The van der Waals surface area contributed by atoms with Gasteiger partial charge >= 0.3 is 0 Å². The zero-order chi connectivity index (χ0) is 12.7. The highest BCUT2D eigenvalue weighted by molar-refractivity contribution is 5.46. The first-order valence-electron chi connectivity index (χ1n) is 6.12. The summed E-state index contributed by atoms with van der Waals surface area (Å²) in [5.74, 6) is 2.29. The molecule has 0 aliphatic carbocycles. The van der Waals surface area contributed by atoms with Crippen LogP contribution < -0.4 is 14.4 Å². The van der Waals surface area contributed by atoms with Crippen LogP contribution in [-0.2, 0) is 11.3 Å². The molecule has 1 atom stereocenters. The summed E-state index contributed by atoms with van der Waals surface area (Å²) < 4.78 is 10.7. The lowest BCUT2D eigenvalue weighted by molar-refractivity contribution is -0.257. The highest BCUT2D eigenvalue weighted by Gasteiger charge is 2.25. The van der Waals surface area contributed by atoms with Gasteiger partial charge in [0, 0.05) is 12.0 Å². The van der Waals surface area contributed by atoms with Crippen molar-refractivity contribution < 1.29 is 19.2 Å². The van der Waals surface area contributed by atoms with Crippen molar-refractivity contribution in [3.8, 4) is 17.2 Å². The van der Waals surface area contributed by atoms with Gasteiger partial charge in [0.05, 0.1) is 0 Å². The van der Waals surface area contributed by atoms with Crippen molar-refractivity contribution in [2.24, 2.45) is 0 Å². The Morgan fingerprint density at radius 2 is 2.00 bits per heavy atom. The van der Waals surface area contributed by atoms with Crippen molar-refractivity contribution in [2.45, 2.75) is 12.5 Å². The van der Waals surface area contributed by atoms with E-state index in [2.05, 4.69) is 6.07 Å². The van der Waals surface area contributed by atoms with Crippen molar-refractivity contribution in [2.75, 3.05) is 6.79 Å².